The first-order valence-electron chi connectivity index (χ1n) is 11.3. The van der Waals surface area contributed by atoms with Crippen LogP contribution in [0, 0.1) is 6.92 Å². The molecule has 1 aliphatic rings. The van der Waals surface area contributed by atoms with E-state index in [0.29, 0.717) is 43.4 Å². The number of hydrogen-bond donors (Lipinski definition) is 2. The number of para-hydroxylation sites is 1. The minimum absolute atomic E-state index is 0.234. The monoisotopic (exact) mass is 599 g/mol. The zero-order valence-corrected chi connectivity index (χ0v) is 23.2. The number of aryl methyl sites for hydroxylation is 1. The van der Waals surface area contributed by atoms with Crippen molar-refractivity contribution in [1.82, 2.24) is 5.32 Å². The van der Waals surface area contributed by atoms with Gasteiger partial charge in [-0.25, -0.2) is 4.99 Å². The highest BCUT2D eigenvalue weighted by molar-refractivity contribution is 9.10. The summed E-state index contributed by atoms with van der Waals surface area (Å²) in [7, 11) is 0. The third kappa shape index (κ3) is 7.15. The number of carbonyl (C=O) groups is 2. The lowest BCUT2D eigenvalue weighted by Crippen LogP contribution is -2.20. The molecule has 0 unspecified atom stereocenters. The molecule has 2 N–H and O–H groups in total. The number of aliphatic imine (C=N–C) groups is 1. The molecule has 3 aromatic carbocycles. The third-order valence-electron chi connectivity index (χ3n) is 5.07. The van der Waals surface area contributed by atoms with E-state index < -0.39 is 0 Å². The topological polar surface area (TPSA) is 89.0 Å². The molecule has 1 fully saturated rings. The Morgan fingerprint density at radius 2 is 1.95 bits per heavy atom. The Morgan fingerprint density at radius 1 is 1.16 bits per heavy atom. The van der Waals surface area contributed by atoms with Gasteiger partial charge in [-0.05, 0) is 95.1 Å². The molecular formula is C27H23BrClN3O4S. The summed E-state index contributed by atoms with van der Waals surface area (Å²) in [6.07, 6.45) is 1.75. The lowest BCUT2D eigenvalue weighted by molar-refractivity contribution is -0.118. The Bertz CT molecular complexity index is 1400. The summed E-state index contributed by atoms with van der Waals surface area (Å²) < 4.78 is 12.1. The molecule has 4 rings (SSSR count). The Morgan fingerprint density at radius 3 is 2.68 bits per heavy atom. The smallest absolute Gasteiger partial charge is 0.264 e. The van der Waals surface area contributed by atoms with E-state index in [4.69, 9.17) is 21.1 Å². The number of nitrogens with zero attached hydrogens (tertiary/aromatic N) is 1. The van der Waals surface area contributed by atoms with Crippen LogP contribution in [-0.2, 0) is 9.59 Å². The summed E-state index contributed by atoms with van der Waals surface area (Å²) >= 11 is 10.9. The summed E-state index contributed by atoms with van der Waals surface area (Å²) in [6.45, 7) is 3.89. The van der Waals surface area contributed by atoms with Crippen LogP contribution >= 0.6 is 39.3 Å². The van der Waals surface area contributed by atoms with E-state index in [1.54, 1.807) is 30.3 Å². The van der Waals surface area contributed by atoms with Crippen molar-refractivity contribution in [3.63, 3.8) is 0 Å². The van der Waals surface area contributed by atoms with Gasteiger partial charge in [-0.15, -0.1) is 0 Å². The van der Waals surface area contributed by atoms with Crippen LogP contribution in [0.3, 0.4) is 0 Å². The maximum absolute atomic E-state index is 12.5. The van der Waals surface area contributed by atoms with Crippen LogP contribution in [0.15, 0.2) is 75.0 Å². The van der Waals surface area contributed by atoms with Gasteiger partial charge in [0.1, 0.15) is 0 Å². The Kier molecular flexibility index (Phi) is 8.91. The van der Waals surface area contributed by atoms with Crippen molar-refractivity contribution in [3.8, 4) is 11.5 Å². The van der Waals surface area contributed by atoms with Crippen LogP contribution in [0.2, 0.25) is 5.02 Å². The van der Waals surface area contributed by atoms with E-state index in [2.05, 4.69) is 31.6 Å². The lowest BCUT2D eigenvalue weighted by Gasteiger charge is -2.15. The molecule has 10 heteroatoms. The molecule has 1 saturated heterocycles. The highest BCUT2D eigenvalue weighted by atomic mass is 79.9. The number of rotatable bonds is 8. The van der Waals surface area contributed by atoms with Crippen LogP contribution in [0.5, 0.6) is 11.5 Å². The largest absolute Gasteiger partial charge is 0.490 e. The van der Waals surface area contributed by atoms with Crippen molar-refractivity contribution in [3.05, 3.63) is 86.2 Å². The summed E-state index contributed by atoms with van der Waals surface area (Å²) in [5, 5.41) is 6.62. The molecule has 2 amide bonds. The SMILES string of the molecule is CCOc1cc(/C=C2\SC(=Nc3ccccc3)NC2=O)cc(Br)c1OCC(=O)Nc1ccc(C)c(Cl)c1. The molecule has 3 aromatic rings. The molecule has 0 spiro atoms. The fourth-order valence-electron chi connectivity index (χ4n) is 3.33. The summed E-state index contributed by atoms with van der Waals surface area (Å²) in [5.74, 6) is 0.249. The van der Waals surface area contributed by atoms with Crippen molar-refractivity contribution >= 4 is 73.7 Å². The average Bonchev–Trinajstić information content (AvgIpc) is 3.20. The van der Waals surface area contributed by atoms with Gasteiger partial charge in [0.05, 0.1) is 21.7 Å². The quantitative estimate of drug-likeness (QED) is 0.280. The van der Waals surface area contributed by atoms with Gasteiger partial charge in [-0.3, -0.25) is 9.59 Å². The molecule has 0 aromatic heterocycles. The van der Waals surface area contributed by atoms with Crippen molar-refractivity contribution in [2.24, 2.45) is 4.99 Å². The number of ether oxygens (including phenoxy) is 2. The fourth-order valence-corrected chi connectivity index (χ4v) is 4.93. The molecule has 1 heterocycles. The minimum atomic E-state index is -0.343. The van der Waals surface area contributed by atoms with Gasteiger partial charge in [0, 0.05) is 10.7 Å². The van der Waals surface area contributed by atoms with Crippen LogP contribution in [0.25, 0.3) is 6.08 Å². The van der Waals surface area contributed by atoms with Gasteiger partial charge in [-0.2, -0.15) is 0 Å². The molecule has 0 saturated carbocycles. The summed E-state index contributed by atoms with van der Waals surface area (Å²) in [5.41, 5.74) is 2.98. The predicted molar refractivity (Wildman–Crippen MR) is 153 cm³/mol. The molecule has 37 heavy (non-hydrogen) atoms. The lowest BCUT2D eigenvalue weighted by atomic mass is 10.2. The van der Waals surface area contributed by atoms with Gasteiger partial charge in [0.2, 0.25) is 0 Å². The Hall–Kier alpha value is -3.27. The number of hydrogen-bond acceptors (Lipinski definition) is 6. The Labute approximate surface area is 232 Å². The summed E-state index contributed by atoms with van der Waals surface area (Å²) in [6, 6.07) is 18.2. The molecule has 0 bridgehead atoms. The molecule has 7 nitrogen and oxygen atoms in total. The normalized spacial score (nSPS) is 15.1. The second kappa shape index (κ2) is 12.3. The molecular weight excluding hydrogens is 578 g/mol. The highest BCUT2D eigenvalue weighted by Gasteiger charge is 2.24. The van der Waals surface area contributed by atoms with Crippen LogP contribution in [0.4, 0.5) is 11.4 Å². The van der Waals surface area contributed by atoms with Crippen molar-refractivity contribution in [2.75, 3.05) is 18.5 Å². The second-order valence-electron chi connectivity index (χ2n) is 7.88. The first-order valence-corrected chi connectivity index (χ1v) is 13.3. The standard InChI is InChI=1S/C27H23BrClN3O4S/c1-3-35-22-12-17(13-23-26(34)32-27(37-23)31-18-7-5-4-6-8-18)11-20(28)25(22)36-15-24(33)30-19-10-9-16(2)21(29)14-19/h4-14H,3,15H2,1-2H3,(H,30,33)(H,31,32,34)/b23-13-. The highest BCUT2D eigenvalue weighted by Crippen LogP contribution is 2.38. The molecule has 0 radical (unpaired) electrons. The maximum Gasteiger partial charge on any atom is 0.264 e. The van der Waals surface area contributed by atoms with Gasteiger partial charge in [-0.1, -0.05) is 35.9 Å². The van der Waals surface area contributed by atoms with Crippen LogP contribution < -0.4 is 20.1 Å². The van der Waals surface area contributed by atoms with E-state index >= 15 is 0 Å². The molecule has 1 aliphatic heterocycles. The zero-order valence-electron chi connectivity index (χ0n) is 20.0. The third-order valence-corrected chi connectivity index (χ3v) is 6.98. The predicted octanol–water partition coefficient (Wildman–Crippen LogP) is 6.72. The number of halogens is 2. The van der Waals surface area contributed by atoms with Gasteiger partial charge < -0.3 is 20.1 Å². The average molecular weight is 601 g/mol. The number of benzene rings is 3. The minimum Gasteiger partial charge on any atom is -0.490 e. The number of thioether (sulfide) groups is 1. The van der Waals surface area contributed by atoms with E-state index in [0.717, 1.165) is 16.8 Å². The number of amidine groups is 1. The number of nitrogens with one attached hydrogen (secondary N) is 2. The molecule has 0 aliphatic carbocycles. The van der Waals surface area contributed by atoms with E-state index in [1.165, 1.54) is 11.8 Å². The van der Waals surface area contributed by atoms with E-state index in [-0.39, 0.29) is 18.4 Å². The van der Waals surface area contributed by atoms with Crippen LogP contribution in [0.1, 0.15) is 18.1 Å². The fraction of sp³-hybridized carbons (Fsp3) is 0.148. The van der Waals surface area contributed by atoms with Gasteiger partial charge in [0.15, 0.2) is 23.3 Å². The molecule has 190 valence electrons. The van der Waals surface area contributed by atoms with E-state index in [9.17, 15) is 9.59 Å². The van der Waals surface area contributed by atoms with Gasteiger partial charge >= 0.3 is 0 Å². The first kappa shape index (κ1) is 26.8. The van der Waals surface area contributed by atoms with Crippen molar-refractivity contribution in [1.29, 1.82) is 0 Å². The molecule has 0 atom stereocenters. The first-order chi connectivity index (χ1) is 17.8. The van der Waals surface area contributed by atoms with Crippen molar-refractivity contribution in [2.45, 2.75) is 13.8 Å². The van der Waals surface area contributed by atoms with E-state index in [1.807, 2.05) is 50.2 Å². The number of amides is 2. The zero-order chi connectivity index (χ0) is 26.4. The maximum atomic E-state index is 12.5. The van der Waals surface area contributed by atoms with Gasteiger partial charge in [0.25, 0.3) is 11.8 Å². The number of anilines is 1. The number of carbonyl (C=O) groups excluding carboxylic acids is 2. The van der Waals surface area contributed by atoms with Crippen molar-refractivity contribution < 1.29 is 19.1 Å². The summed E-state index contributed by atoms with van der Waals surface area (Å²) in [4.78, 5) is 29.9. The second-order valence-corrected chi connectivity index (χ2v) is 10.2. The Balaban J connectivity index is 1.48. The van der Waals surface area contributed by atoms with Crippen LogP contribution in [-0.4, -0.2) is 30.2 Å².